The van der Waals surface area contributed by atoms with Gasteiger partial charge >= 0.3 is 6.09 Å². The van der Waals surface area contributed by atoms with Gasteiger partial charge in [-0.15, -0.1) is 5.10 Å². The van der Waals surface area contributed by atoms with Gasteiger partial charge in [0.2, 0.25) is 0 Å². The molecule has 2 fully saturated rings. The number of aromatic nitrogens is 6. The van der Waals surface area contributed by atoms with Gasteiger partial charge in [-0.25, -0.2) is 27.8 Å². The third-order valence-corrected chi connectivity index (χ3v) is 8.20. The number of piperidine rings is 1. The van der Waals surface area contributed by atoms with Crippen molar-refractivity contribution >= 4 is 17.6 Å². The molecule has 40 heavy (non-hydrogen) atoms. The van der Waals surface area contributed by atoms with E-state index in [1.54, 1.807) is 16.9 Å². The van der Waals surface area contributed by atoms with Gasteiger partial charge in [-0.1, -0.05) is 26.0 Å². The lowest BCUT2D eigenvalue weighted by Gasteiger charge is -2.44. The Kier molecular flexibility index (Phi) is 6.42. The van der Waals surface area contributed by atoms with E-state index in [9.17, 15) is 18.7 Å². The first-order valence-corrected chi connectivity index (χ1v) is 13.6. The Labute approximate surface area is 230 Å². The lowest BCUT2D eigenvalue weighted by Crippen LogP contribution is -2.51. The Balaban J connectivity index is 1.29. The summed E-state index contributed by atoms with van der Waals surface area (Å²) in [4.78, 5) is 20.3. The quantitative estimate of drug-likeness (QED) is 0.366. The molecular weight excluding hydrogens is 518 g/mol. The van der Waals surface area contributed by atoms with Crippen molar-refractivity contribution in [3.63, 3.8) is 0 Å². The average Bonchev–Trinajstić information content (AvgIpc) is 3.68. The molecule has 5 heterocycles. The third kappa shape index (κ3) is 4.65. The van der Waals surface area contributed by atoms with Crippen LogP contribution in [0.15, 0.2) is 42.9 Å². The highest BCUT2D eigenvalue weighted by atomic mass is 19.1. The fourth-order valence-electron chi connectivity index (χ4n) is 6.15. The molecule has 1 aromatic carbocycles. The normalized spacial score (nSPS) is 21.9. The van der Waals surface area contributed by atoms with Gasteiger partial charge in [-0.3, -0.25) is 0 Å². The molecule has 2 aliphatic heterocycles. The average molecular weight is 551 g/mol. The molecule has 2 unspecified atom stereocenters. The minimum Gasteiger partial charge on any atom is -0.465 e. The smallest absolute Gasteiger partial charge is 0.407 e. The zero-order chi connectivity index (χ0) is 28.2. The molecule has 1 amide bonds. The predicted octanol–water partition coefficient (Wildman–Crippen LogP) is 5.34. The molecule has 0 spiro atoms. The summed E-state index contributed by atoms with van der Waals surface area (Å²) >= 11 is 0. The van der Waals surface area contributed by atoms with Gasteiger partial charge in [0, 0.05) is 30.9 Å². The minimum absolute atomic E-state index is 0.0120. The van der Waals surface area contributed by atoms with Crippen LogP contribution in [-0.2, 0) is 0 Å². The van der Waals surface area contributed by atoms with E-state index in [1.165, 1.54) is 17.0 Å². The molecule has 4 aromatic rings. The molecule has 3 aromatic heterocycles. The first-order chi connectivity index (χ1) is 19.1. The molecule has 2 saturated heterocycles. The second-order valence-corrected chi connectivity index (χ2v) is 11.7. The minimum atomic E-state index is -0.897. The zero-order valence-electron chi connectivity index (χ0n) is 22.7. The second kappa shape index (κ2) is 9.83. The molecule has 2 aliphatic rings. The number of nitrogens with zero attached hydrogens (tertiary/aromatic N) is 8. The maximum Gasteiger partial charge on any atom is 0.407 e. The van der Waals surface area contributed by atoms with Crippen molar-refractivity contribution in [2.24, 2.45) is 5.41 Å². The fourth-order valence-corrected chi connectivity index (χ4v) is 6.15. The standard InChI is InChI=1S/C28H32F2N8O2/c1-28(2,3)24-14-18(8-11-36(24)27(39)40)38-16-22(33-34-38)20-15-31-37-12-9-25(32-26(20)37)35-10-4-5-23(35)19-13-17(29)6-7-21(19)30/h6-7,9,12-13,15-16,18,23-24H,4-5,8,10-11,14H2,1-3H3,(H,39,40)/t18?,23?,24-/m1/s1. The Morgan fingerprint density at radius 3 is 2.73 bits per heavy atom. The molecule has 0 bridgehead atoms. The highest BCUT2D eigenvalue weighted by Crippen LogP contribution is 2.39. The summed E-state index contributed by atoms with van der Waals surface area (Å²) in [5.41, 5.74) is 2.02. The number of anilines is 1. The number of rotatable bonds is 4. The molecular formula is C28H32F2N8O2. The van der Waals surface area contributed by atoms with E-state index < -0.39 is 17.7 Å². The van der Waals surface area contributed by atoms with E-state index in [4.69, 9.17) is 4.98 Å². The first kappa shape index (κ1) is 26.1. The molecule has 3 atom stereocenters. The molecule has 0 aliphatic carbocycles. The van der Waals surface area contributed by atoms with Crippen molar-refractivity contribution in [3.8, 4) is 11.3 Å². The van der Waals surface area contributed by atoms with Crippen molar-refractivity contribution in [1.29, 1.82) is 0 Å². The monoisotopic (exact) mass is 550 g/mol. The van der Waals surface area contributed by atoms with Crippen molar-refractivity contribution in [1.82, 2.24) is 34.5 Å². The van der Waals surface area contributed by atoms with E-state index in [-0.39, 0.29) is 23.5 Å². The summed E-state index contributed by atoms with van der Waals surface area (Å²) in [5.74, 6) is -0.235. The summed E-state index contributed by atoms with van der Waals surface area (Å²) in [6.07, 6.45) is 7.29. The largest absolute Gasteiger partial charge is 0.465 e. The molecule has 0 radical (unpaired) electrons. The van der Waals surface area contributed by atoms with Crippen LogP contribution in [0.3, 0.4) is 0 Å². The van der Waals surface area contributed by atoms with Gasteiger partial charge in [-0.05, 0) is 55.4 Å². The van der Waals surface area contributed by atoms with Crippen molar-refractivity contribution in [2.75, 3.05) is 18.0 Å². The van der Waals surface area contributed by atoms with Gasteiger partial charge in [0.25, 0.3) is 0 Å². The number of fused-ring (bicyclic) bond motifs is 1. The summed E-state index contributed by atoms with van der Waals surface area (Å²) in [7, 11) is 0. The molecule has 210 valence electrons. The Morgan fingerprint density at radius 1 is 1.12 bits per heavy atom. The fraction of sp³-hybridized carbons (Fsp3) is 0.464. The SMILES string of the molecule is CC(C)(C)[C@H]1CC(n2cc(-c3cnn4ccc(N5CCCC5c5cc(F)ccc5F)nc34)nn2)CCN1C(=O)O. The van der Waals surface area contributed by atoms with Crippen LogP contribution in [0.1, 0.15) is 64.1 Å². The highest BCUT2D eigenvalue weighted by molar-refractivity contribution is 5.75. The zero-order valence-corrected chi connectivity index (χ0v) is 22.7. The van der Waals surface area contributed by atoms with Gasteiger partial charge < -0.3 is 14.9 Å². The highest BCUT2D eigenvalue weighted by Gasteiger charge is 2.39. The number of carboxylic acid groups (broad SMARTS) is 1. The molecule has 10 nitrogen and oxygen atoms in total. The molecule has 12 heteroatoms. The summed E-state index contributed by atoms with van der Waals surface area (Å²) < 4.78 is 32.1. The number of amides is 1. The molecule has 1 N–H and O–H groups in total. The van der Waals surface area contributed by atoms with Crippen molar-refractivity contribution in [3.05, 3.63) is 60.1 Å². The lowest BCUT2D eigenvalue weighted by atomic mass is 9.79. The summed E-state index contributed by atoms with van der Waals surface area (Å²) in [6.45, 7) is 7.27. The maximum absolute atomic E-state index is 14.6. The number of carbonyl (C=O) groups is 1. The van der Waals surface area contributed by atoms with Crippen LogP contribution in [0.2, 0.25) is 0 Å². The van der Waals surface area contributed by atoms with Gasteiger partial charge in [-0.2, -0.15) is 5.10 Å². The number of halogens is 2. The van der Waals surface area contributed by atoms with E-state index >= 15 is 0 Å². The van der Waals surface area contributed by atoms with E-state index in [2.05, 4.69) is 36.2 Å². The van der Waals surface area contributed by atoms with Crippen LogP contribution in [-0.4, -0.2) is 64.8 Å². The number of likely N-dealkylation sites (tertiary alicyclic amines) is 1. The maximum atomic E-state index is 14.6. The predicted molar refractivity (Wildman–Crippen MR) is 144 cm³/mol. The van der Waals surface area contributed by atoms with Crippen LogP contribution in [0.5, 0.6) is 0 Å². The van der Waals surface area contributed by atoms with E-state index in [1.807, 2.05) is 21.8 Å². The van der Waals surface area contributed by atoms with Crippen LogP contribution in [0.25, 0.3) is 16.9 Å². The van der Waals surface area contributed by atoms with Crippen molar-refractivity contribution < 1.29 is 18.7 Å². The molecule has 6 rings (SSSR count). The Bertz CT molecular complexity index is 1560. The third-order valence-electron chi connectivity index (χ3n) is 8.20. The van der Waals surface area contributed by atoms with Gasteiger partial charge in [0.05, 0.1) is 30.0 Å². The summed E-state index contributed by atoms with van der Waals surface area (Å²) in [6, 6.07) is 4.96. The van der Waals surface area contributed by atoms with E-state index in [0.717, 1.165) is 12.5 Å². The van der Waals surface area contributed by atoms with Gasteiger partial charge in [0.1, 0.15) is 23.1 Å². The van der Waals surface area contributed by atoms with E-state index in [0.29, 0.717) is 60.6 Å². The number of hydrogen-bond donors (Lipinski definition) is 1. The molecule has 0 saturated carbocycles. The topological polar surface area (TPSA) is 105 Å². The van der Waals surface area contributed by atoms with Crippen LogP contribution < -0.4 is 4.90 Å². The van der Waals surface area contributed by atoms with Crippen LogP contribution in [0, 0.1) is 17.0 Å². The Morgan fingerprint density at radius 2 is 1.95 bits per heavy atom. The van der Waals surface area contributed by atoms with Crippen LogP contribution >= 0.6 is 0 Å². The lowest BCUT2D eigenvalue weighted by molar-refractivity contribution is 0.0405. The Hall–Kier alpha value is -4.09. The summed E-state index contributed by atoms with van der Waals surface area (Å²) in [5, 5.41) is 23.0. The first-order valence-electron chi connectivity index (χ1n) is 13.6. The van der Waals surface area contributed by atoms with Gasteiger partial charge in [0.15, 0.2) is 5.65 Å². The second-order valence-electron chi connectivity index (χ2n) is 11.7. The number of benzene rings is 1. The number of hydrogen-bond acceptors (Lipinski definition) is 6. The van der Waals surface area contributed by atoms with Crippen LogP contribution in [0.4, 0.5) is 19.4 Å². The van der Waals surface area contributed by atoms with Crippen molar-refractivity contribution in [2.45, 2.75) is 64.6 Å².